The largest absolute Gasteiger partial charge is 0.465 e. The van der Waals surface area contributed by atoms with Gasteiger partial charge in [0.2, 0.25) is 11.8 Å². The Morgan fingerprint density at radius 2 is 1.69 bits per heavy atom. The first kappa shape index (κ1) is 32.2. The van der Waals surface area contributed by atoms with Gasteiger partial charge in [0.1, 0.15) is 44.1 Å². The maximum absolute atomic E-state index is 16.0. The summed E-state index contributed by atoms with van der Waals surface area (Å²) in [5, 5.41) is 16.8. The quantitative estimate of drug-likeness (QED) is 0.199. The van der Waals surface area contributed by atoms with Crippen LogP contribution in [0.3, 0.4) is 0 Å². The number of esters is 1. The van der Waals surface area contributed by atoms with E-state index < -0.39 is 17.8 Å². The molecule has 12 heteroatoms. The monoisotopic (exact) mass is 658 g/mol. The van der Waals surface area contributed by atoms with Gasteiger partial charge in [-0.15, -0.1) is 9.89 Å². The summed E-state index contributed by atoms with van der Waals surface area (Å²) in [4.78, 5) is 39.1. The molecule has 1 aliphatic carbocycles. The van der Waals surface area contributed by atoms with Crippen molar-refractivity contribution in [2.45, 2.75) is 77.2 Å². The van der Waals surface area contributed by atoms with Crippen LogP contribution < -0.4 is 15.2 Å². The van der Waals surface area contributed by atoms with Crippen molar-refractivity contribution in [3.05, 3.63) is 48.0 Å². The predicted molar refractivity (Wildman–Crippen MR) is 181 cm³/mol. The van der Waals surface area contributed by atoms with Gasteiger partial charge in [-0.1, -0.05) is 44.2 Å². The molecule has 0 atom stereocenters. The molecule has 1 saturated heterocycles. The topological polar surface area (TPSA) is 120 Å². The third-order valence-electron chi connectivity index (χ3n) is 10.6. The van der Waals surface area contributed by atoms with Gasteiger partial charge in [0.05, 0.1) is 30.6 Å². The lowest BCUT2D eigenvalue weighted by Crippen LogP contribution is -2.64. The van der Waals surface area contributed by atoms with Crippen molar-refractivity contribution in [2.24, 2.45) is 5.92 Å². The number of nitrogens with one attached hydrogen (secondary N) is 2. The van der Waals surface area contributed by atoms with Crippen LogP contribution >= 0.6 is 0 Å². The molecule has 1 saturated carbocycles. The number of hydrogen-bond acceptors (Lipinski definition) is 6. The number of carbonyl (C=O) groups is 3. The molecule has 2 amide bonds. The average molecular weight is 659 g/mol. The highest BCUT2D eigenvalue weighted by Gasteiger charge is 2.42. The van der Waals surface area contributed by atoms with E-state index >= 15 is 4.39 Å². The van der Waals surface area contributed by atoms with Crippen LogP contribution in [0.2, 0.25) is 0 Å². The lowest BCUT2D eigenvalue weighted by molar-refractivity contribution is -0.143. The Labute approximate surface area is 279 Å². The summed E-state index contributed by atoms with van der Waals surface area (Å²) in [5.74, 6) is -0.970. The van der Waals surface area contributed by atoms with Crippen LogP contribution in [0.4, 0.5) is 4.39 Å². The zero-order valence-corrected chi connectivity index (χ0v) is 27.7. The van der Waals surface area contributed by atoms with Crippen molar-refractivity contribution in [1.82, 2.24) is 34.9 Å². The summed E-state index contributed by atoms with van der Waals surface area (Å²) in [6.45, 7) is 4.11. The van der Waals surface area contributed by atoms with Crippen molar-refractivity contribution in [1.29, 1.82) is 0 Å². The SMILES string of the molecule is CCOC(=O)CNC(=O)CNC(=O)Cn1nc2c3c(cccc31)-c1cc3c(cnn3[N+]3(CC4CCCCCCC4)CCC2CC3)cc1F. The Balaban J connectivity index is 1.21. The van der Waals surface area contributed by atoms with E-state index in [4.69, 9.17) is 14.9 Å². The van der Waals surface area contributed by atoms with Gasteiger partial charge in [-0.2, -0.15) is 9.69 Å². The molecule has 4 bridgehead atoms. The van der Waals surface area contributed by atoms with E-state index in [-0.39, 0.29) is 38.0 Å². The average Bonchev–Trinajstić information content (AvgIpc) is 3.65. The molecule has 0 radical (unpaired) electrons. The minimum absolute atomic E-state index is 0.103. The molecule has 2 aromatic carbocycles. The first-order valence-electron chi connectivity index (χ1n) is 17.6. The number of aromatic nitrogens is 4. The fourth-order valence-corrected chi connectivity index (χ4v) is 8.26. The molecule has 0 unspecified atom stereocenters. The Kier molecular flexibility index (Phi) is 9.17. The van der Waals surface area contributed by atoms with Crippen LogP contribution in [-0.2, 0) is 25.7 Å². The molecule has 2 fully saturated rings. The normalized spacial score (nSPS) is 21.1. The number of quaternary nitrogens is 1. The molecular formula is C36H45FN7O4+. The van der Waals surface area contributed by atoms with Gasteiger partial charge in [0.15, 0.2) is 0 Å². The second-order valence-electron chi connectivity index (χ2n) is 13.7. The summed E-state index contributed by atoms with van der Waals surface area (Å²) < 4.78 is 23.3. The van der Waals surface area contributed by atoms with Crippen molar-refractivity contribution >= 4 is 39.6 Å². The number of piperidine rings is 1. The van der Waals surface area contributed by atoms with Crippen molar-refractivity contribution in [3.8, 4) is 11.1 Å². The third-order valence-corrected chi connectivity index (χ3v) is 10.6. The minimum Gasteiger partial charge on any atom is -0.465 e. The van der Waals surface area contributed by atoms with Gasteiger partial charge in [-0.25, -0.2) is 4.39 Å². The van der Waals surface area contributed by atoms with Crippen molar-refractivity contribution < 1.29 is 23.5 Å². The molecule has 2 N–H and O–H groups in total. The number of halogens is 1. The lowest BCUT2D eigenvalue weighted by atomic mass is 9.87. The molecule has 4 aromatic rings. The van der Waals surface area contributed by atoms with Gasteiger partial charge in [-0.3, -0.25) is 19.1 Å². The van der Waals surface area contributed by atoms with Crippen molar-refractivity contribution in [3.63, 3.8) is 0 Å². The van der Waals surface area contributed by atoms with Crippen molar-refractivity contribution in [2.75, 3.05) is 39.3 Å². The number of ether oxygens (including phenoxy) is 1. The van der Waals surface area contributed by atoms with Gasteiger partial charge >= 0.3 is 5.97 Å². The number of nitrogens with zero attached hydrogens (tertiary/aromatic N) is 5. The maximum atomic E-state index is 16.0. The molecule has 4 aliphatic rings. The summed E-state index contributed by atoms with van der Waals surface area (Å²) in [6.07, 6.45) is 12.6. The Bertz CT molecular complexity index is 1830. The molecule has 254 valence electrons. The van der Waals surface area contributed by atoms with Gasteiger partial charge < -0.3 is 15.4 Å². The number of amides is 2. The molecule has 0 spiro atoms. The zero-order valence-electron chi connectivity index (χ0n) is 27.7. The van der Waals surface area contributed by atoms with Crippen LogP contribution in [0.1, 0.15) is 76.3 Å². The number of rotatable bonds is 9. The summed E-state index contributed by atoms with van der Waals surface area (Å²) in [7, 11) is 0. The highest BCUT2D eigenvalue weighted by Crippen LogP contribution is 2.42. The van der Waals surface area contributed by atoms with Gasteiger partial charge in [-0.05, 0) is 43.5 Å². The Hall–Kier alpha value is -4.32. The van der Waals surface area contributed by atoms with E-state index in [2.05, 4.69) is 15.4 Å². The van der Waals surface area contributed by atoms with E-state index in [0.29, 0.717) is 11.5 Å². The molecule has 5 heterocycles. The number of carbonyl (C=O) groups excluding carboxylic acids is 3. The van der Waals surface area contributed by atoms with Crippen LogP contribution in [0, 0.1) is 11.7 Å². The molecular weight excluding hydrogens is 613 g/mol. The van der Waals surface area contributed by atoms with Crippen LogP contribution in [-0.4, -0.2) is 76.8 Å². The standard InChI is InChI=1S/C36H44FN7O4/c1-2-48-34(47)21-39-32(45)20-38-33(46)22-42-30-12-8-11-27-28-18-31-26(17-29(28)37)19-40-43(31)44(23-24-9-6-4-3-5-7-10-24)15-13-25(14-16-44)36(41-42)35(27)30/h8,11-12,17-19,24-25H,2-7,9-10,13-16,20-23H2,1H3,(H-,38,39,45,46)/p+1. The number of fused-ring (bicyclic) bond motifs is 2. The lowest BCUT2D eigenvalue weighted by Gasteiger charge is -2.44. The number of benzene rings is 2. The second-order valence-corrected chi connectivity index (χ2v) is 13.7. The summed E-state index contributed by atoms with van der Waals surface area (Å²) in [6, 6.07) is 9.32. The van der Waals surface area contributed by atoms with Gasteiger partial charge in [0.25, 0.3) is 0 Å². The van der Waals surface area contributed by atoms with E-state index in [9.17, 15) is 14.4 Å². The van der Waals surface area contributed by atoms with Gasteiger partial charge in [0, 0.05) is 41.0 Å². The van der Waals surface area contributed by atoms with Crippen LogP contribution in [0.5, 0.6) is 0 Å². The highest BCUT2D eigenvalue weighted by atomic mass is 19.1. The van der Waals surface area contributed by atoms with E-state index in [1.54, 1.807) is 17.7 Å². The number of hydrogen-bond donors (Lipinski definition) is 2. The fourth-order valence-electron chi connectivity index (χ4n) is 8.26. The highest BCUT2D eigenvalue weighted by molar-refractivity contribution is 6.00. The smallest absolute Gasteiger partial charge is 0.325 e. The van der Waals surface area contributed by atoms with E-state index in [0.717, 1.165) is 70.1 Å². The first-order chi connectivity index (χ1) is 23.3. The molecule has 48 heavy (non-hydrogen) atoms. The molecule has 11 nitrogen and oxygen atoms in total. The predicted octanol–water partition coefficient (Wildman–Crippen LogP) is 4.68. The molecule has 8 rings (SSSR count). The fraction of sp³-hybridized carbons (Fsp3) is 0.528. The third kappa shape index (κ3) is 6.29. The molecule has 3 aliphatic heterocycles. The van der Waals surface area contributed by atoms with E-state index in [1.807, 2.05) is 30.5 Å². The summed E-state index contributed by atoms with van der Waals surface area (Å²) in [5.41, 5.74) is 3.85. The Morgan fingerprint density at radius 1 is 0.938 bits per heavy atom. The Morgan fingerprint density at radius 3 is 2.46 bits per heavy atom. The maximum Gasteiger partial charge on any atom is 0.325 e. The van der Waals surface area contributed by atoms with E-state index in [1.165, 1.54) is 44.9 Å². The first-order valence-corrected chi connectivity index (χ1v) is 17.6. The minimum atomic E-state index is -0.540. The summed E-state index contributed by atoms with van der Waals surface area (Å²) >= 11 is 0. The molecule has 2 aromatic heterocycles. The van der Waals surface area contributed by atoms with Crippen LogP contribution in [0.25, 0.3) is 32.9 Å². The van der Waals surface area contributed by atoms with Crippen LogP contribution in [0.15, 0.2) is 36.5 Å². The second kappa shape index (κ2) is 13.7. The zero-order chi connectivity index (χ0) is 33.3.